The van der Waals surface area contributed by atoms with Crippen molar-refractivity contribution in [3.8, 4) is 0 Å². The summed E-state index contributed by atoms with van der Waals surface area (Å²) >= 11 is 12.4. The van der Waals surface area contributed by atoms with Crippen LogP contribution in [-0.4, -0.2) is 60.1 Å². The summed E-state index contributed by atoms with van der Waals surface area (Å²) in [6, 6.07) is 6.27. The third kappa shape index (κ3) is 6.31. The Morgan fingerprint density at radius 3 is 2.42 bits per heavy atom. The summed E-state index contributed by atoms with van der Waals surface area (Å²) < 4.78 is 50.0. The van der Waals surface area contributed by atoms with Gasteiger partial charge < -0.3 is 19.6 Å². The standard InChI is InChI=1S/C23H20Cl2FN5O2.C2HF3O2/c24-18-11-20-22(32)28-12-16(31(20)21(18)25)9-14-1-2-19(26)17(10-14)23(33)29-6-3-15(4-7-29)30-8-5-27-13-30;3-2(4,5)1(6)7/h1-2,5,8,10-13,15H,3-4,6-7,9H2,(H,28,32);(H,6,7). The molecule has 1 fully saturated rings. The van der Waals surface area contributed by atoms with E-state index in [4.69, 9.17) is 33.1 Å². The summed E-state index contributed by atoms with van der Waals surface area (Å²) in [6.45, 7) is 1.09. The number of rotatable bonds is 4. The Labute approximate surface area is 233 Å². The number of aliphatic carboxylic acids is 1. The van der Waals surface area contributed by atoms with Crippen LogP contribution >= 0.6 is 23.2 Å². The largest absolute Gasteiger partial charge is 0.490 e. The fraction of sp³-hybridized carbons (Fsp3) is 0.280. The molecular weight excluding hydrogens is 581 g/mol. The van der Waals surface area contributed by atoms with Crippen LogP contribution in [0.1, 0.15) is 40.5 Å². The number of carbonyl (C=O) groups excluding carboxylic acids is 1. The number of hydrogen-bond donors (Lipinski definition) is 2. The Balaban J connectivity index is 0.000000470. The number of alkyl halides is 3. The van der Waals surface area contributed by atoms with Gasteiger partial charge in [0, 0.05) is 49.8 Å². The lowest BCUT2D eigenvalue weighted by Crippen LogP contribution is -2.39. The third-order valence-electron chi connectivity index (χ3n) is 6.37. The summed E-state index contributed by atoms with van der Waals surface area (Å²) in [5.41, 5.74) is 1.41. The molecule has 9 nitrogen and oxygen atoms in total. The molecule has 15 heteroatoms. The lowest BCUT2D eigenvalue weighted by Gasteiger charge is -2.32. The molecule has 4 heterocycles. The molecule has 3 aromatic heterocycles. The van der Waals surface area contributed by atoms with Gasteiger partial charge in [0.25, 0.3) is 11.5 Å². The first kappa shape index (κ1) is 29.2. The summed E-state index contributed by atoms with van der Waals surface area (Å²) in [7, 11) is 0. The molecule has 5 rings (SSSR count). The van der Waals surface area contributed by atoms with Crippen LogP contribution in [0.25, 0.3) is 5.52 Å². The second-order valence-corrected chi connectivity index (χ2v) is 9.71. The van der Waals surface area contributed by atoms with Gasteiger partial charge in [0.15, 0.2) is 0 Å². The first-order valence-electron chi connectivity index (χ1n) is 11.8. The maximum atomic E-state index is 14.6. The number of carboxylic acids is 1. The lowest BCUT2D eigenvalue weighted by molar-refractivity contribution is -0.192. The van der Waals surface area contributed by atoms with Crippen LogP contribution in [0.5, 0.6) is 0 Å². The highest BCUT2D eigenvalue weighted by Crippen LogP contribution is 2.28. The van der Waals surface area contributed by atoms with Crippen LogP contribution in [0.3, 0.4) is 0 Å². The molecule has 1 saturated heterocycles. The number of nitrogens with one attached hydrogen (secondary N) is 1. The summed E-state index contributed by atoms with van der Waals surface area (Å²) in [5.74, 6) is -3.64. The first-order valence-corrected chi connectivity index (χ1v) is 12.5. The van der Waals surface area contributed by atoms with Crippen molar-refractivity contribution in [3.63, 3.8) is 0 Å². The molecule has 1 aromatic carbocycles. The van der Waals surface area contributed by atoms with Crippen LogP contribution in [0, 0.1) is 5.82 Å². The van der Waals surface area contributed by atoms with E-state index in [2.05, 4.69) is 9.97 Å². The number of likely N-dealkylation sites (tertiary alicyclic amines) is 1. The zero-order chi connectivity index (χ0) is 29.2. The number of aromatic nitrogens is 4. The third-order valence-corrected chi connectivity index (χ3v) is 7.13. The number of benzene rings is 1. The Morgan fingerprint density at radius 1 is 1.15 bits per heavy atom. The van der Waals surface area contributed by atoms with E-state index < -0.39 is 18.0 Å². The molecule has 0 atom stereocenters. The van der Waals surface area contributed by atoms with E-state index in [-0.39, 0.29) is 33.2 Å². The highest BCUT2D eigenvalue weighted by molar-refractivity contribution is 6.42. The van der Waals surface area contributed by atoms with E-state index in [1.165, 1.54) is 12.1 Å². The quantitative estimate of drug-likeness (QED) is 0.321. The zero-order valence-corrected chi connectivity index (χ0v) is 22.0. The van der Waals surface area contributed by atoms with Gasteiger partial charge in [0.1, 0.15) is 16.5 Å². The molecule has 212 valence electrons. The monoisotopic (exact) mass is 601 g/mol. The Morgan fingerprint density at radius 2 is 1.82 bits per heavy atom. The predicted octanol–water partition coefficient (Wildman–Crippen LogP) is 4.97. The fourth-order valence-electron chi connectivity index (χ4n) is 4.40. The van der Waals surface area contributed by atoms with E-state index in [0.717, 1.165) is 12.8 Å². The molecule has 2 N–H and O–H groups in total. The first-order chi connectivity index (χ1) is 18.9. The number of H-pyrrole nitrogens is 1. The molecular formula is C25H21Cl2F4N5O4. The molecule has 0 bridgehead atoms. The molecule has 1 aliphatic rings. The van der Waals surface area contributed by atoms with Gasteiger partial charge in [-0.15, -0.1) is 0 Å². The lowest BCUT2D eigenvalue weighted by atomic mass is 10.0. The van der Waals surface area contributed by atoms with Crippen molar-refractivity contribution in [1.82, 2.24) is 23.8 Å². The van der Waals surface area contributed by atoms with Gasteiger partial charge in [-0.1, -0.05) is 29.3 Å². The number of carboxylic acid groups (broad SMARTS) is 1. The van der Waals surface area contributed by atoms with Crippen molar-refractivity contribution < 1.29 is 32.3 Å². The smallest absolute Gasteiger partial charge is 0.475 e. The van der Waals surface area contributed by atoms with Crippen molar-refractivity contribution in [2.45, 2.75) is 31.5 Å². The number of carbonyl (C=O) groups is 2. The molecule has 0 radical (unpaired) electrons. The number of aromatic amines is 1. The number of nitrogens with zero attached hydrogens (tertiary/aromatic N) is 4. The topological polar surface area (TPSA) is 113 Å². The van der Waals surface area contributed by atoms with Gasteiger partial charge in [-0.2, -0.15) is 13.2 Å². The van der Waals surface area contributed by atoms with Gasteiger partial charge in [-0.05, 0) is 36.6 Å². The Bertz CT molecular complexity index is 1590. The highest BCUT2D eigenvalue weighted by Gasteiger charge is 2.38. The molecule has 40 heavy (non-hydrogen) atoms. The molecule has 1 amide bonds. The zero-order valence-electron chi connectivity index (χ0n) is 20.5. The average Bonchev–Trinajstić information content (AvgIpc) is 3.56. The normalized spacial score (nSPS) is 14.2. The number of amides is 1. The predicted molar refractivity (Wildman–Crippen MR) is 137 cm³/mol. The van der Waals surface area contributed by atoms with Crippen molar-refractivity contribution >= 4 is 40.6 Å². The van der Waals surface area contributed by atoms with Crippen molar-refractivity contribution in [2.75, 3.05) is 13.1 Å². The van der Waals surface area contributed by atoms with Gasteiger partial charge >= 0.3 is 12.1 Å². The average molecular weight is 602 g/mol. The van der Waals surface area contributed by atoms with Crippen LogP contribution < -0.4 is 5.56 Å². The number of hydrogen-bond acceptors (Lipinski definition) is 4. The van der Waals surface area contributed by atoms with Crippen molar-refractivity contribution in [2.24, 2.45) is 0 Å². The van der Waals surface area contributed by atoms with E-state index in [1.54, 1.807) is 40.2 Å². The Hall–Kier alpha value is -3.84. The number of fused-ring (bicyclic) bond motifs is 1. The van der Waals surface area contributed by atoms with E-state index in [9.17, 15) is 27.2 Å². The Kier molecular flexibility index (Phi) is 8.54. The summed E-state index contributed by atoms with van der Waals surface area (Å²) in [4.78, 5) is 42.6. The maximum Gasteiger partial charge on any atom is 0.490 e. The fourth-order valence-corrected chi connectivity index (χ4v) is 4.84. The maximum absolute atomic E-state index is 14.6. The van der Waals surface area contributed by atoms with E-state index in [0.29, 0.717) is 36.3 Å². The number of piperidine rings is 1. The van der Waals surface area contributed by atoms with Crippen LogP contribution in [-0.2, 0) is 11.2 Å². The van der Waals surface area contributed by atoms with E-state index >= 15 is 0 Å². The van der Waals surface area contributed by atoms with Crippen molar-refractivity contribution in [3.05, 3.63) is 92.4 Å². The molecule has 0 aliphatic carbocycles. The highest BCUT2D eigenvalue weighted by atomic mass is 35.5. The van der Waals surface area contributed by atoms with Crippen LogP contribution in [0.15, 0.2) is 54.0 Å². The van der Waals surface area contributed by atoms with Crippen molar-refractivity contribution in [1.29, 1.82) is 0 Å². The minimum atomic E-state index is -5.08. The van der Waals surface area contributed by atoms with Gasteiger partial charge in [0.2, 0.25) is 0 Å². The number of halogens is 6. The molecule has 0 saturated carbocycles. The second-order valence-electron chi connectivity index (χ2n) is 8.94. The molecule has 4 aromatic rings. The SMILES string of the molecule is O=C(O)C(F)(F)F.O=C(c1cc(Cc2c[nH]c(=O)c3cc(Cl)c(Cl)n23)ccc1F)N1CCC(n2ccnc2)CC1. The molecule has 0 spiro atoms. The van der Waals surface area contributed by atoms with Gasteiger partial charge in [0.05, 0.1) is 16.9 Å². The summed E-state index contributed by atoms with van der Waals surface area (Å²) in [6.07, 6.45) is 3.79. The minimum Gasteiger partial charge on any atom is -0.475 e. The second kappa shape index (κ2) is 11.7. The number of imidazole rings is 1. The molecule has 0 unspecified atom stereocenters. The van der Waals surface area contributed by atoms with Crippen LogP contribution in [0.4, 0.5) is 17.6 Å². The van der Waals surface area contributed by atoms with Gasteiger partial charge in [-0.3, -0.25) is 14.0 Å². The molecule has 1 aliphatic heterocycles. The van der Waals surface area contributed by atoms with Gasteiger partial charge in [-0.25, -0.2) is 14.2 Å². The van der Waals surface area contributed by atoms with E-state index in [1.807, 2.05) is 10.8 Å². The minimum absolute atomic E-state index is 0.0332. The van der Waals surface area contributed by atoms with Crippen LogP contribution in [0.2, 0.25) is 10.2 Å². The summed E-state index contributed by atoms with van der Waals surface area (Å²) in [5, 5.41) is 7.62.